The zero-order chi connectivity index (χ0) is 24.3. The van der Waals surface area contributed by atoms with Crippen LogP contribution in [0, 0.1) is 6.92 Å². The first-order valence-electron chi connectivity index (χ1n) is 10.9. The van der Waals surface area contributed by atoms with E-state index in [2.05, 4.69) is 10.1 Å². The molecule has 9 nitrogen and oxygen atoms in total. The van der Waals surface area contributed by atoms with Gasteiger partial charge in [-0.3, -0.25) is 4.79 Å². The van der Waals surface area contributed by atoms with Gasteiger partial charge in [0.25, 0.3) is 0 Å². The second-order valence-electron chi connectivity index (χ2n) is 8.10. The smallest absolute Gasteiger partial charge is 0.360 e. The number of nitrogens with zero attached hydrogens (tertiary/aromatic N) is 3. The SMILES string of the molecule is CCOC(=O)c1cc(-c2csc(C3CCN(C(=O)CS(=O)(=O)c4ccc(C)cc4)CC3)n2)on1. The van der Waals surface area contributed by atoms with Gasteiger partial charge in [0.15, 0.2) is 21.3 Å². The molecule has 1 aromatic carbocycles. The Hall–Kier alpha value is -3.05. The van der Waals surface area contributed by atoms with Crippen LogP contribution in [0.2, 0.25) is 0 Å². The average Bonchev–Trinajstić information content (AvgIpc) is 3.49. The lowest BCUT2D eigenvalue weighted by Gasteiger charge is -2.31. The molecule has 1 saturated heterocycles. The Kier molecular flexibility index (Phi) is 7.13. The standard InChI is InChI=1S/C23H25N3O6S2/c1-3-31-23(28)18-12-20(32-25-18)19-13-33-22(24-19)16-8-10-26(11-9-16)21(27)14-34(29,30)17-6-4-15(2)5-7-17/h4-7,12-13,16H,3,8-11,14H2,1-2H3. The van der Waals surface area contributed by atoms with E-state index in [9.17, 15) is 18.0 Å². The molecule has 3 heterocycles. The van der Waals surface area contributed by atoms with Crippen LogP contribution in [0.5, 0.6) is 0 Å². The quantitative estimate of drug-likeness (QED) is 0.450. The number of benzene rings is 1. The van der Waals surface area contributed by atoms with Crippen molar-refractivity contribution in [1.82, 2.24) is 15.0 Å². The highest BCUT2D eigenvalue weighted by Crippen LogP contribution is 2.33. The van der Waals surface area contributed by atoms with Gasteiger partial charge in [-0.1, -0.05) is 22.9 Å². The van der Waals surface area contributed by atoms with Gasteiger partial charge in [-0.15, -0.1) is 11.3 Å². The highest BCUT2D eigenvalue weighted by Gasteiger charge is 2.29. The third kappa shape index (κ3) is 5.36. The van der Waals surface area contributed by atoms with Crippen LogP contribution in [0.15, 0.2) is 45.1 Å². The van der Waals surface area contributed by atoms with E-state index in [1.807, 2.05) is 12.3 Å². The summed E-state index contributed by atoms with van der Waals surface area (Å²) < 4.78 is 35.4. The van der Waals surface area contributed by atoms with Crippen LogP contribution in [0.4, 0.5) is 0 Å². The number of aromatic nitrogens is 2. The van der Waals surface area contributed by atoms with Crippen molar-refractivity contribution in [2.24, 2.45) is 0 Å². The molecule has 0 N–H and O–H groups in total. The molecule has 11 heteroatoms. The number of likely N-dealkylation sites (tertiary alicyclic amines) is 1. The number of sulfone groups is 1. The first-order chi connectivity index (χ1) is 16.3. The molecule has 1 aliphatic rings. The van der Waals surface area contributed by atoms with Gasteiger partial charge in [-0.2, -0.15) is 0 Å². The monoisotopic (exact) mass is 503 g/mol. The van der Waals surface area contributed by atoms with Gasteiger partial charge < -0.3 is 14.2 Å². The van der Waals surface area contributed by atoms with E-state index in [0.717, 1.165) is 10.6 Å². The lowest BCUT2D eigenvalue weighted by Crippen LogP contribution is -2.41. The summed E-state index contributed by atoms with van der Waals surface area (Å²) in [6, 6.07) is 8.03. The maximum atomic E-state index is 12.7. The molecule has 34 heavy (non-hydrogen) atoms. The number of ether oxygens (including phenoxy) is 1. The summed E-state index contributed by atoms with van der Waals surface area (Å²) in [5.74, 6) is -0.916. The lowest BCUT2D eigenvalue weighted by molar-refractivity contribution is -0.129. The maximum absolute atomic E-state index is 12.7. The summed E-state index contributed by atoms with van der Waals surface area (Å²) in [6.45, 7) is 4.78. The molecule has 3 aromatic rings. The zero-order valence-corrected chi connectivity index (χ0v) is 20.5. The van der Waals surface area contributed by atoms with Crippen LogP contribution in [0.1, 0.15) is 46.7 Å². The van der Waals surface area contributed by atoms with E-state index in [-0.39, 0.29) is 29.0 Å². The van der Waals surface area contributed by atoms with Crippen LogP contribution in [-0.4, -0.2) is 60.8 Å². The Morgan fingerprint density at radius 3 is 2.59 bits per heavy atom. The highest BCUT2D eigenvalue weighted by atomic mass is 32.2. The fraction of sp³-hybridized carbons (Fsp3) is 0.391. The van der Waals surface area contributed by atoms with Crippen molar-refractivity contribution >= 4 is 33.1 Å². The van der Waals surface area contributed by atoms with Gasteiger partial charge in [0.05, 0.1) is 16.5 Å². The van der Waals surface area contributed by atoms with Gasteiger partial charge in [0, 0.05) is 30.5 Å². The normalized spacial score (nSPS) is 14.8. The van der Waals surface area contributed by atoms with Crippen molar-refractivity contribution in [3.63, 3.8) is 0 Å². The van der Waals surface area contributed by atoms with Crippen LogP contribution in [0.3, 0.4) is 0 Å². The fourth-order valence-corrected chi connectivity index (χ4v) is 5.95. The summed E-state index contributed by atoms with van der Waals surface area (Å²) in [6.07, 6.45) is 1.38. The van der Waals surface area contributed by atoms with Gasteiger partial charge >= 0.3 is 5.97 Å². The molecular weight excluding hydrogens is 478 g/mol. The van der Waals surface area contributed by atoms with Crippen molar-refractivity contribution in [3.05, 3.63) is 52.0 Å². The molecule has 0 saturated carbocycles. The Morgan fingerprint density at radius 2 is 1.91 bits per heavy atom. The second-order valence-corrected chi connectivity index (χ2v) is 11.0. The molecule has 0 unspecified atom stereocenters. The van der Waals surface area contributed by atoms with Gasteiger partial charge in [-0.25, -0.2) is 18.2 Å². The molecule has 0 aliphatic carbocycles. The van der Waals surface area contributed by atoms with E-state index in [0.29, 0.717) is 37.4 Å². The number of esters is 1. The van der Waals surface area contributed by atoms with E-state index < -0.39 is 21.6 Å². The molecule has 4 rings (SSSR count). The average molecular weight is 504 g/mol. The number of hydrogen-bond donors (Lipinski definition) is 0. The molecular formula is C23H25N3O6S2. The summed E-state index contributed by atoms with van der Waals surface area (Å²) >= 11 is 1.48. The molecule has 1 aliphatic heterocycles. The molecule has 0 spiro atoms. The van der Waals surface area contributed by atoms with E-state index in [4.69, 9.17) is 9.26 Å². The second kappa shape index (κ2) is 10.1. The topological polar surface area (TPSA) is 120 Å². The number of amides is 1. The molecule has 1 amide bonds. The van der Waals surface area contributed by atoms with Crippen LogP contribution in [0.25, 0.3) is 11.5 Å². The maximum Gasteiger partial charge on any atom is 0.360 e. The third-order valence-electron chi connectivity index (χ3n) is 5.66. The van der Waals surface area contributed by atoms with E-state index in [1.54, 1.807) is 24.0 Å². The van der Waals surface area contributed by atoms with Gasteiger partial charge in [0.2, 0.25) is 5.91 Å². The van der Waals surface area contributed by atoms with E-state index in [1.165, 1.54) is 29.5 Å². The largest absolute Gasteiger partial charge is 0.461 e. The van der Waals surface area contributed by atoms with Crippen molar-refractivity contribution in [2.45, 2.75) is 37.5 Å². The van der Waals surface area contributed by atoms with Crippen LogP contribution >= 0.6 is 11.3 Å². The number of piperidine rings is 1. The Morgan fingerprint density at radius 1 is 1.21 bits per heavy atom. The molecule has 0 atom stereocenters. The first-order valence-corrected chi connectivity index (χ1v) is 13.5. The fourth-order valence-electron chi connectivity index (χ4n) is 3.74. The van der Waals surface area contributed by atoms with Gasteiger partial charge in [0.1, 0.15) is 11.4 Å². The Balaban J connectivity index is 1.34. The number of carbonyl (C=O) groups is 2. The molecule has 0 radical (unpaired) electrons. The minimum absolute atomic E-state index is 0.0961. The first kappa shape index (κ1) is 24.1. The van der Waals surface area contributed by atoms with E-state index >= 15 is 0 Å². The molecule has 0 bridgehead atoms. The van der Waals surface area contributed by atoms with Crippen LogP contribution in [-0.2, 0) is 19.4 Å². The molecule has 180 valence electrons. The number of aryl methyl sites for hydroxylation is 1. The minimum Gasteiger partial charge on any atom is -0.461 e. The molecule has 2 aromatic heterocycles. The predicted octanol–water partition coefficient (Wildman–Crippen LogP) is 3.46. The number of hydrogen-bond acceptors (Lipinski definition) is 9. The summed E-state index contributed by atoms with van der Waals surface area (Å²) in [4.78, 5) is 30.8. The number of thiazole rings is 1. The van der Waals surface area contributed by atoms with Crippen molar-refractivity contribution in [3.8, 4) is 11.5 Å². The summed E-state index contributed by atoms with van der Waals surface area (Å²) in [7, 11) is -3.68. The Bertz CT molecular complexity index is 1270. The van der Waals surface area contributed by atoms with Crippen molar-refractivity contribution in [2.75, 3.05) is 25.4 Å². The third-order valence-corrected chi connectivity index (χ3v) is 8.28. The zero-order valence-electron chi connectivity index (χ0n) is 18.9. The highest BCUT2D eigenvalue weighted by molar-refractivity contribution is 7.92. The Labute approximate surface area is 201 Å². The lowest BCUT2D eigenvalue weighted by atomic mass is 9.97. The summed E-state index contributed by atoms with van der Waals surface area (Å²) in [5.41, 5.74) is 1.64. The van der Waals surface area contributed by atoms with Gasteiger partial charge in [-0.05, 0) is 38.8 Å². The van der Waals surface area contributed by atoms with Crippen molar-refractivity contribution < 1.29 is 27.3 Å². The predicted molar refractivity (Wildman–Crippen MR) is 125 cm³/mol. The number of carbonyl (C=O) groups excluding carboxylic acids is 2. The van der Waals surface area contributed by atoms with Crippen LogP contribution < -0.4 is 0 Å². The summed E-state index contributed by atoms with van der Waals surface area (Å²) in [5, 5.41) is 6.49. The number of rotatable bonds is 7. The molecule has 1 fully saturated rings. The minimum atomic E-state index is -3.68. The van der Waals surface area contributed by atoms with Crippen molar-refractivity contribution in [1.29, 1.82) is 0 Å².